The van der Waals surface area contributed by atoms with Crippen molar-refractivity contribution in [3.05, 3.63) is 30.5 Å². The molecule has 1 aliphatic carbocycles. The van der Waals surface area contributed by atoms with Crippen LogP contribution >= 0.6 is 0 Å². The monoisotopic (exact) mass is 374 g/mol. The number of likely N-dealkylation sites (tertiary alicyclic amines) is 1. The third kappa shape index (κ3) is 5.45. The first-order valence-corrected chi connectivity index (χ1v) is 9.74. The first kappa shape index (κ1) is 19.7. The number of carbonyl (C=O) groups is 1. The molecule has 148 valence electrons. The quantitative estimate of drug-likeness (QED) is 0.764. The summed E-state index contributed by atoms with van der Waals surface area (Å²) in [6.45, 7) is 10.1. The van der Waals surface area contributed by atoms with Crippen molar-refractivity contribution in [3.63, 3.8) is 0 Å². The summed E-state index contributed by atoms with van der Waals surface area (Å²) >= 11 is 0. The lowest BCUT2D eigenvalue weighted by atomic mass is 9.91. The maximum absolute atomic E-state index is 12.5. The Bertz CT molecular complexity index is 664. The zero-order chi connectivity index (χ0) is 19.4. The molecule has 1 saturated carbocycles. The Morgan fingerprint density at radius 3 is 2.78 bits per heavy atom. The molecular formula is C21H30N2O4. The van der Waals surface area contributed by atoms with Crippen molar-refractivity contribution >= 4 is 12.2 Å². The number of nitrogens with zero attached hydrogens (tertiary/aromatic N) is 2. The third-order valence-electron chi connectivity index (χ3n) is 4.76. The summed E-state index contributed by atoms with van der Waals surface area (Å²) < 4.78 is 17.6. The van der Waals surface area contributed by atoms with Crippen LogP contribution in [0.5, 0.6) is 5.88 Å². The second kappa shape index (κ2) is 8.30. The molecule has 1 atom stereocenters. The van der Waals surface area contributed by atoms with E-state index >= 15 is 0 Å². The highest BCUT2D eigenvalue weighted by molar-refractivity contribution is 5.68. The third-order valence-corrected chi connectivity index (χ3v) is 4.76. The van der Waals surface area contributed by atoms with Gasteiger partial charge in [0.15, 0.2) is 0 Å². The fourth-order valence-corrected chi connectivity index (χ4v) is 3.31. The lowest BCUT2D eigenvalue weighted by Crippen LogP contribution is -2.51. The summed E-state index contributed by atoms with van der Waals surface area (Å²) in [4.78, 5) is 18.4. The molecular weight excluding hydrogens is 344 g/mol. The highest BCUT2D eigenvalue weighted by atomic mass is 16.6. The summed E-state index contributed by atoms with van der Waals surface area (Å²) in [6.07, 6.45) is 7.71. The lowest BCUT2D eigenvalue weighted by Gasteiger charge is -2.42. The number of aromatic nitrogens is 1. The van der Waals surface area contributed by atoms with Gasteiger partial charge in [0.25, 0.3) is 0 Å². The summed E-state index contributed by atoms with van der Waals surface area (Å²) in [5.74, 6) is 0.615. The second-order valence-electron chi connectivity index (χ2n) is 8.23. The van der Waals surface area contributed by atoms with E-state index in [1.807, 2.05) is 32.9 Å². The van der Waals surface area contributed by atoms with Crippen LogP contribution in [0.2, 0.25) is 0 Å². The van der Waals surface area contributed by atoms with Crippen molar-refractivity contribution < 1.29 is 19.0 Å². The minimum Gasteiger partial charge on any atom is -0.474 e. The Kier molecular flexibility index (Phi) is 6.05. The van der Waals surface area contributed by atoms with Gasteiger partial charge in [-0.2, -0.15) is 0 Å². The predicted molar refractivity (Wildman–Crippen MR) is 103 cm³/mol. The molecule has 1 unspecified atom stereocenters. The van der Waals surface area contributed by atoms with Crippen LogP contribution in [0.4, 0.5) is 4.79 Å². The van der Waals surface area contributed by atoms with Crippen LogP contribution in [-0.2, 0) is 9.47 Å². The van der Waals surface area contributed by atoms with E-state index in [9.17, 15) is 4.79 Å². The first-order valence-electron chi connectivity index (χ1n) is 9.74. The predicted octanol–water partition coefficient (Wildman–Crippen LogP) is 4.40. The van der Waals surface area contributed by atoms with E-state index in [1.54, 1.807) is 17.2 Å². The standard InChI is InChI=1S/C21H30N2O4/c1-5-15-9-10-22-18(12-15)25-16-13-17(14-16)26-19-8-6-7-11-23(19)20(24)27-21(2,3)4/h5,9-10,12,16-17,19H,1,6-8,11,13-14H2,2-4H3. The van der Waals surface area contributed by atoms with Gasteiger partial charge in [-0.15, -0.1) is 0 Å². The van der Waals surface area contributed by atoms with Gasteiger partial charge in [-0.3, -0.25) is 4.90 Å². The van der Waals surface area contributed by atoms with Gasteiger partial charge in [0, 0.05) is 31.6 Å². The SMILES string of the molecule is C=Cc1ccnc(OC2CC(OC3CCCCN3C(=O)OC(C)(C)C)C2)c1. The van der Waals surface area contributed by atoms with Crippen LogP contribution < -0.4 is 4.74 Å². The maximum atomic E-state index is 12.5. The van der Waals surface area contributed by atoms with Crippen molar-refractivity contribution in [1.82, 2.24) is 9.88 Å². The number of carbonyl (C=O) groups excluding carboxylic acids is 1. The molecule has 1 aliphatic heterocycles. The molecule has 2 aliphatic rings. The van der Waals surface area contributed by atoms with Gasteiger partial charge in [0.2, 0.25) is 5.88 Å². The molecule has 27 heavy (non-hydrogen) atoms. The molecule has 6 heteroatoms. The number of hydrogen-bond acceptors (Lipinski definition) is 5. The van der Waals surface area contributed by atoms with Crippen molar-refractivity contribution in [2.24, 2.45) is 0 Å². The molecule has 1 aromatic rings. The summed E-state index contributed by atoms with van der Waals surface area (Å²) in [5.41, 5.74) is 0.490. The average molecular weight is 374 g/mol. The topological polar surface area (TPSA) is 60.9 Å². The molecule has 0 bridgehead atoms. The van der Waals surface area contributed by atoms with Crippen molar-refractivity contribution in [1.29, 1.82) is 0 Å². The van der Waals surface area contributed by atoms with Crippen LogP contribution in [-0.4, -0.2) is 46.6 Å². The summed E-state index contributed by atoms with van der Waals surface area (Å²) in [6, 6.07) is 3.77. The highest BCUT2D eigenvalue weighted by Crippen LogP contribution is 2.31. The van der Waals surface area contributed by atoms with Gasteiger partial charge in [0.1, 0.15) is 17.9 Å². The van der Waals surface area contributed by atoms with E-state index in [-0.39, 0.29) is 24.5 Å². The Morgan fingerprint density at radius 2 is 2.07 bits per heavy atom. The highest BCUT2D eigenvalue weighted by Gasteiger charge is 2.38. The normalized spacial score (nSPS) is 25.4. The second-order valence-corrected chi connectivity index (χ2v) is 8.23. The van der Waals surface area contributed by atoms with E-state index in [0.29, 0.717) is 12.4 Å². The Labute approximate surface area is 161 Å². The van der Waals surface area contributed by atoms with Gasteiger partial charge >= 0.3 is 6.09 Å². The lowest BCUT2D eigenvalue weighted by molar-refractivity contribution is -0.154. The molecule has 0 N–H and O–H groups in total. The number of rotatable bonds is 5. The first-order chi connectivity index (χ1) is 12.8. The largest absolute Gasteiger partial charge is 0.474 e. The molecule has 1 amide bonds. The minimum atomic E-state index is -0.499. The zero-order valence-electron chi connectivity index (χ0n) is 16.5. The molecule has 1 saturated heterocycles. The van der Waals surface area contributed by atoms with Gasteiger partial charge < -0.3 is 14.2 Å². The van der Waals surface area contributed by atoms with Gasteiger partial charge in [-0.1, -0.05) is 12.7 Å². The molecule has 3 rings (SSSR count). The average Bonchev–Trinajstić information content (AvgIpc) is 2.59. The Morgan fingerprint density at radius 1 is 1.30 bits per heavy atom. The molecule has 1 aromatic heterocycles. The number of amides is 1. The number of pyridine rings is 1. The van der Waals surface area contributed by atoms with Crippen LogP contribution in [0, 0.1) is 0 Å². The Balaban J connectivity index is 1.48. The molecule has 0 radical (unpaired) electrons. The molecule has 6 nitrogen and oxygen atoms in total. The molecule has 0 aromatic carbocycles. The van der Waals surface area contributed by atoms with Crippen LogP contribution in [0.15, 0.2) is 24.9 Å². The Hall–Kier alpha value is -2.08. The molecule has 0 spiro atoms. The fourth-order valence-electron chi connectivity index (χ4n) is 3.31. The van der Waals surface area contributed by atoms with Crippen molar-refractivity contribution in [2.45, 2.75) is 76.9 Å². The van der Waals surface area contributed by atoms with Gasteiger partial charge in [-0.25, -0.2) is 9.78 Å². The van der Waals surface area contributed by atoms with Crippen LogP contribution in [0.25, 0.3) is 6.08 Å². The van der Waals surface area contributed by atoms with Crippen molar-refractivity contribution in [3.8, 4) is 5.88 Å². The van der Waals surface area contributed by atoms with Gasteiger partial charge in [0.05, 0.1) is 6.10 Å². The maximum Gasteiger partial charge on any atom is 0.412 e. The smallest absolute Gasteiger partial charge is 0.412 e. The van der Waals surface area contributed by atoms with Crippen molar-refractivity contribution in [2.75, 3.05) is 6.54 Å². The number of hydrogen-bond donors (Lipinski definition) is 0. The summed E-state index contributed by atoms with van der Waals surface area (Å²) in [7, 11) is 0. The number of ether oxygens (including phenoxy) is 3. The van der Waals surface area contributed by atoms with E-state index in [4.69, 9.17) is 14.2 Å². The fraction of sp³-hybridized carbons (Fsp3) is 0.619. The van der Waals surface area contributed by atoms with E-state index in [0.717, 1.165) is 37.7 Å². The molecule has 2 heterocycles. The minimum absolute atomic E-state index is 0.0983. The number of piperidine rings is 1. The van der Waals surface area contributed by atoms with Crippen LogP contribution in [0.1, 0.15) is 58.4 Å². The molecule has 2 fully saturated rings. The summed E-state index contributed by atoms with van der Waals surface area (Å²) in [5, 5.41) is 0. The zero-order valence-corrected chi connectivity index (χ0v) is 16.5. The van der Waals surface area contributed by atoms with E-state index in [2.05, 4.69) is 11.6 Å². The van der Waals surface area contributed by atoms with Gasteiger partial charge in [-0.05, 0) is 51.7 Å². The van der Waals surface area contributed by atoms with Crippen LogP contribution in [0.3, 0.4) is 0 Å². The van der Waals surface area contributed by atoms with E-state index in [1.165, 1.54) is 0 Å². The van der Waals surface area contributed by atoms with E-state index < -0.39 is 5.60 Å².